The second-order valence-corrected chi connectivity index (χ2v) is 5.96. The highest BCUT2D eigenvalue weighted by Crippen LogP contribution is 2.27. The van der Waals surface area contributed by atoms with Crippen molar-refractivity contribution in [1.29, 1.82) is 0 Å². The van der Waals surface area contributed by atoms with E-state index in [4.69, 9.17) is 16.3 Å². The molecule has 0 fully saturated rings. The van der Waals surface area contributed by atoms with E-state index < -0.39 is 0 Å². The van der Waals surface area contributed by atoms with E-state index in [0.717, 1.165) is 16.0 Å². The van der Waals surface area contributed by atoms with Crippen molar-refractivity contribution in [1.82, 2.24) is 0 Å². The lowest BCUT2D eigenvalue weighted by atomic mass is 10.1. The van der Waals surface area contributed by atoms with Gasteiger partial charge in [0.1, 0.15) is 6.10 Å². The third kappa shape index (κ3) is 5.10. The second-order valence-electron chi connectivity index (χ2n) is 4.60. The molecule has 0 aliphatic rings. The van der Waals surface area contributed by atoms with E-state index in [9.17, 15) is 4.79 Å². The SMILES string of the molecule is CC(=O)OC(CSc1ccccc1)c1ccc(CCl)cc1. The minimum absolute atomic E-state index is 0.253. The number of alkyl halides is 1. The van der Waals surface area contributed by atoms with E-state index in [1.54, 1.807) is 11.8 Å². The highest BCUT2D eigenvalue weighted by molar-refractivity contribution is 7.99. The van der Waals surface area contributed by atoms with Gasteiger partial charge in [0.25, 0.3) is 0 Å². The first-order valence-corrected chi connectivity index (χ1v) is 8.21. The van der Waals surface area contributed by atoms with Crippen molar-refractivity contribution in [2.45, 2.75) is 23.8 Å². The molecule has 110 valence electrons. The maximum atomic E-state index is 11.3. The number of benzene rings is 2. The van der Waals surface area contributed by atoms with Crippen LogP contribution in [0.1, 0.15) is 24.2 Å². The molecule has 0 bridgehead atoms. The van der Waals surface area contributed by atoms with Crippen LogP contribution in [-0.2, 0) is 15.4 Å². The average Bonchev–Trinajstić information content (AvgIpc) is 2.52. The van der Waals surface area contributed by atoms with Crippen LogP contribution < -0.4 is 0 Å². The van der Waals surface area contributed by atoms with Crippen molar-refractivity contribution < 1.29 is 9.53 Å². The van der Waals surface area contributed by atoms with Gasteiger partial charge < -0.3 is 4.74 Å². The number of thioether (sulfide) groups is 1. The zero-order valence-electron chi connectivity index (χ0n) is 11.8. The van der Waals surface area contributed by atoms with Gasteiger partial charge in [-0.1, -0.05) is 42.5 Å². The molecule has 1 atom stereocenters. The first-order chi connectivity index (χ1) is 10.2. The molecule has 0 spiro atoms. The number of rotatable bonds is 6. The van der Waals surface area contributed by atoms with Crippen molar-refractivity contribution in [3.63, 3.8) is 0 Å². The summed E-state index contributed by atoms with van der Waals surface area (Å²) in [7, 11) is 0. The van der Waals surface area contributed by atoms with Crippen molar-refractivity contribution >= 4 is 29.3 Å². The van der Waals surface area contributed by atoms with Gasteiger partial charge in [0, 0.05) is 23.5 Å². The number of hydrogen-bond acceptors (Lipinski definition) is 3. The minimum atomic E-state index is -0.268. The van der Waals surface area contributed by atoms with Gasteiger partial charge in [-0.05, 0) is 23.3 Å². The fourth-order valence-corrected chi connectivity index (χ4v) is 3.04. The lowest BCUT2D eigenvalue weighted by Gasteiger charge is -2.17. The Kier molecular flexibility index (Phi) is 6.15. The maximum absolute atomic E-state index is 11.3. The van der Waals surface area contributed by atoms with Crippen LogP contribution in [0.2, 0.25) is 0 Å². The molecule has 1 unspecified atom stereocenters. The van der Waals surface area contributed by atoms with Crippen LogP contribution in [-0.4, -0.2) is 11.7 Å². The molecule has 2 aromatic rings. The van der Waals surface area contributed by atoms with Crippen molar-refractivity contribution in [3.05, 3.63) is 65.7 Å². The summed E-state index contributed by atoms with van der Waals surface area (Å²) in [6.45, 7) is 1.44. The molecule has 0 N–H and O–H groups in total. The number of ether oxygens (including phenoxy) is 1. The van der Waals surface area contributed by atoms with E-state index in [-0.39, 0.29) is 12.1 Å². The molecular formula is C17H17ClO2S. The minimum Gasteiger partial charge on any atom is -0.457 e. The Balaban J connectivity index is 2.07. The Labute approximate surface area is 134 Å². The maximum Gasteiger partial charge on any atom is 0.303 e. The van der Waals surface area contributed by atoms with Crippen LogP contribution in [0.5, 0.6) is 0 Å². The number of halogens is 1. The molecule has 0 aliphatic heterocycles. The standard InChI is InChI=1S/C17H17ClO2S/c1-13(19)20-17(12-21-16-5-3-2-4-6-16)15-9-7-14(11-18)8-10-15/h2-10,17H,11-12H2,1H3. The Hall–Kier alpha value is -1.45. The summed E-state index contributed by atoms with van der Waals surface area (Å²) >= 11 is 7.47. The van der Waals surface area contributed by atoms with Crippen LogP contribution in [0, 0.1) is 0 Å². The zero-order valence-corrected chi connectivity index (χ0v) is 13.4. The van der Waals surface area contributed by atoms with Gasteiger partial charge in [-0.15, -0.1) is 23.4 Å². The lowest BCUT2D eigenvalue weighted by molar-refractivity contribution is -0.145. The van der Waals surface area contributed by atoms with E-state index in [2.05, 4.69) is 0 Å². The summed E-state index contributed by atoms with van der Waals surface area (Å²) in [6.07, 6.45) is -0.253. The van der Waals surface area contributed by atoms with Crippen molar-refractivity contribution in [3.8, 4) is 0 Å². The molecule has 0 saturated heterocycles. The topological polar surface area (TPSA) is 26.3 Å². The summed E-state index contributed by atoms with van der Waals surface area (Å²) in [6, 6.07) is 17.9. The molecule has 2 nitrogen and oxygen atoms in total. The molecule has 0 saturated carbocycles. The predicted octanol–water partition coefficient (Wildman–Crippen LogP) is 4.82. The Bertz CT molecular complexity index is 569. The lowest BCUT2D eigenvalue weighted by Crippen LogP contribution is -2.11. The smallest absolute Gasteiger partial charge is 0.303 e. The fraction of sp³-hybridized carbons (Fsp3) is 0.235. The van der Waals surface area contributed by atoms with E-state index in [1.807, 2.05) is 54.6 Å². The summed E-state index contributed by atoms with van der Waals surface area (Å²) in [5.74, 6) is 0.899. The van der Waals surface area contributed by atoms with Crippen molar-refractivity contribution in [2.24, 2.45) is 0 Å². The third-order valence-corrected chi connectivity index (χ3v) is 4.34. The molecule has 2 rings (SSSR count). The van der Waals surface area contributed by atoms with Crippen LogP contribution in [0.4, 0.5) is 0 Å². The van der Waals surface area contributed by atoms with Gasteiger partial charge in [-0.3, -0.25) is 4.79 Å². The van der Waals surface area contributed by atoms with E-state index >= 15 is 0 Å². The molecule has 0 radical (unpaired) electrons. The summed E-state index contributed by atoms with van der Waals surface area (Å²) in [4.78, 5) is 12.5. The number of hydrogen-bond donors (Lipinski definition) is 0. The van der Waals surface area contributed by atoms with Gasteiger partial charge in [0.2, 0.25) is 0 Å². The molecule has 0 aromatic heterocycles. The summed E-state index contributed by atoms with van der Waals surface area (Å²) in [5, 5.41) is 0. The van der Waals surface area contributed by atoms with Crippen molar-refractivity contribution in [2.75, 3.05) is 5.75 Å². The number of carbonyl (C=O) groups is 1. The highest BCUT2D eigenvalue weighted by Gasteiger charge is 2.15. The zero-order chi connectivity index (χ0) is 15.1. The predicted molar refractivity (Wildman–Crippen MR) is 87.7 cm³/mol. The first kappa shape index (κ1) is 15.9. The molecule has 4 heteroatoms. The van der Waals surface area contributed by atoms with Crippen LogP contribution in [0.3, 0.4) is 0 Å². The van der Waals surface area contributed by atoms with Gasteiger partial charge in [0.15, 0.2) is 0 Å². The fourth-order valence-electron chi connectivity index (χ4n) is 1.91. The van der Waals surface area contributed by atoms with Gasteiger partial charge in [-0.25, -0.2) is 0 Å². The summed E-state index contributed by atoms with van der Waals surface area (Å²) < 4.78 is 5.44. The average molecular weight is 321 g/mol. The number of esters is 1. The van der Waals surface area contributed by atoms with Gasteiger partial charge in [0.05, 0.1) is 0 Å². The van der Waals surface area contributed by atoms with Crippen LogP contribution in [0.25, 0.3) is 0 Å². The van der Waals surface area contributed by atoms with Crippen LogP contribution >= 0.6 is 23.4 Å². The second kappa shape index (κ2) is 8.11. The number of carbonyl (C=O) groups excluding carboxylic acids is 1. The van der Waals surface area contributed by atoms with E-state index in [1.165, 1.54) is 6.92 Å². The molecular weight excluding hydrogens is 304 g/mol. The third-order valence-electron chi connectivity index (χ3n) is 2.96. The van der Waals surface area contributed by atoms with Gasteiger partial charge >= 0.3 is 5.97 Å². The monoisotopic (exact) mass is 320 g/mol. The van der Waals surface area contributed by atoms with E-state index in [0.29, 0.717) is 11.6 Å². The first-order valence-electron chi connectivity index (χ1n) is 6.69. The molecule has 0 amide bonds. The quantitative estimate of drug-likeness (QED) is 0.433. The molecule has 0 aliphatic carbocycles. The van der Waals surface area contributed by atoms with Crippen LogP contribution in [0.15, 0.2) is 59.5 Å². The Morgan fingerprint density at radius 3 is 2.38 bits per heavy atom. The molecule has 21 heavy (non-hydrogen) atoms. The largest absolute Gasteiger partial charge is 0.457 e. The molecule has 2 aromatic carbocycles. The highest BCUT2D eigenvalue weighted by atomic mass is 35.5. The Morgan fingerprint density at radius 2 is 1.81 bits per heavy atom. The summed E-state index contributed by atoms with van der Waals surface area (Å²) in [5.41, 5.74) is 2.04. The molecule has 0 heterocycles. The van der Waals surface area contributed by atoms with Gasteiger partial charge in [-0.2, -0.15) is 0 Å². The Morgan fingerprint density at radius 1 is 1.14 bits per heavy atom. The normalized spacial score (nSPS) is 11.9.